The smallest absolute Gasteiger partial charge is 0.241 e. The van der Waals surface area contributed by atoms with Crippen molar-refractivity contribution >= 4 is 10.0 Å². The zero-order valence-electron chi connectivity index (χ0n) is 13.5. The van der Waals surface area contributed by atoms with E-state index in [-0.39, 0.29) is 6.54 Å². The average Bonchev–Trinajstić information content (AvgIpc) is 3.07. The second kappa shape index (κ2) is 6.59. The highest BCUT2D eigenvalue weighted by atomic mass is 32.2. The topological polar surface area (TPSA) is 72.2 Å². The van der Waals surface area contributed by atoms with Crippen molar-refractivity contribution in [2.24, 2.45) is 0 Å². The summed E-state index contributed by atoms with van der Waals surface area (Å²) in [6.45, 7) is 3.92. The number of nitrogens with one attached hydrogen (secondary N) is 1. The lowest BCUT2D eigenvalue weighted by Crippen LogP contribution is -2.24. The zero-order valence-corrected chi connectivity index (χ0v) is 14.3. The number of aromatic nitrogens is 1. The van der Waals surface area contributed by atoms with Crippen LogP contribution in [0.2, 0.25) is 0 Å². The van der Waals surface area contributed by atoms with Crippen LogP contribution in [0.5, 0.6) is 0 Å². The average molecular weight is 342 g/mol. The Morgan fingerprint density at radius 1 is 1.12 bits per heavy atom. The van der Waals surface area contributed by atoms with Gasteiger partial charge in [0.25, 0.3) is 0 Å². The number of rotatable bonds is 5. The molecule has 0 saturated heterocycles. The van der Waals surface area contributed by atoms with Crippen LogP contribution in [0.3, 0.4) is 0 Å². The fourth-order valence-electron chi connectivity index (χ4n) is 2.47. The highest BCUT2D eigenvalue weighted by Gasteiger charge is 2.16. The second-order valence-corrected chi connectivity index (χ2v) is 7.39. The van der Waals surface area contributed by atoms with Crippen LogP contribution in [-0.4, -0.2) is 13.4 Å². The van der Waals surface area contributed by atoms with Crippen molar-refractivity contribution in [2.45, 2.75) is 25.3 Å². The molecular formula is C18H18N2O3S. The van der Waals surface area contributed by atoms with Gasteiger partial charge in [-0.25, -0.2) is 13.1 Å². The first-order valence-corrected chi connectivity index (χ1v) is 8.98. The van der Waals surface area contributed by atoms with Gasteiger partial charge >= 0.3 is 0 Å². The first-order chi connectivity index (χ1) is 11.5. The second-order valence-electron chi connectivity index (χ2n) is 5.66. The van der Waals surface area contributed by atoms with Crippen LogP contribution in [0.15, 0.2) is 64.4 Å². The van der Waals surface area contributed by atoms with Gasteiger partial charge in [-0.15, -0.1) is 0 Å². The van der Waals surface area contributed by atoms with Gasteiger partial charge < -0.3 is 4.42 Å². The molecule has 6 heteroatoms. The molecule has 1 N–H and O–H groups in total. The van der Waals surface area contributed by atoms with Gasteiger partial charge in [-0.1, -0.05) is 23.8 Å². The van der Waals surface area contributed by atoms with Gasteiger partial charge in [0, 0.05) is 18.3 Å². The Kier molecular flexibility index (Phi) is 4.51. The van der Waals surface area contributed by atoms with Gasteiger partial charge in [0.15, 0.2) is 0 Å². The normalized spacial score (nSPS) is 11.6. The Morgan fingerprint density at radius 3 is 2.58 bits per heavy atom. The van der Waals surface area contributed by atoms with Crippen molar-refractivity contribution < 1.29 is 12.8 Å². The Morgan fingerprint density at radius 2 is 1.96 bits per heavy atom. The third-order valence-electron chi connectivity index (χ3n) is 3.73. The quantitative estimate of drug-likeness (QED) is 0.771. The maximum Gasteiger partial charge on any atom is 0.241 e. The molecule has 0 atom stereocenters. The molecule has 0 radical (unpaired) electrons. The highest BCUT2D eigenvalue weighted by molar-refractivity contribution is 7.89. The lowest BCUT2D eigenvalue weighted by molar-refractivity contribution is 0.568. The first kappa shape index (κ1) is 16.4. The van der Waals surface area contributed by atoms with E-state index in [4.69, 9.17) is 4.42 Å². The summed E-state index contributed by atoms with van der Waals surface area (Å²) in [6.07, 6.45) is 4.86. The molecule has 0 saturated carbocycles. The largest absolute Gasteiger partial charge is 0.472 e. The molecule has 1 aromatic carbocycles. The zero-order chi connectivity index (χ0) is 17.2. The molecular weight excluding hydrogens is 324 g/mol. The van der Waals surface area contributed by atoms with Crippen molar-refractivity contribution in [2.75, 3.05) is 0 Å². The summed E-state index contributed by atoms with van der Waals surface area (Å²) in [5, 5.41) is 0. The molecule has 5 nitrogen and oxygen atoms in total. The number of hydrogen-bond acceptors (Lipinski definition) is 4. The van der Waals surface area contributed by atoms with Crippen LogP contribution in [0.4, 0.5) is 0 Å². The fraction of sp³-hybridized carbons (Fsp3) is 0.167. The number of aryl methyl sites for hydroxylation is 2. The summed E-state index contributed by atoms with van der Waals surface area (Å²) in [4.78, 5) is 4.63. The van der Waals surface area contributed by atoms with Crippen LogP contribution in [0.1, 0.15) is 16.7 Å². The van der Waals surface area contributed by atoms with Crippen molar-refractivity contribution in [1.82, 2.24) is 9.71 Å². The number of sulfonamides is 1. The Hall–Kier alpha value is -2.44. The molecule has 0 spiro atoms. The highest BCUT2D eigenvalue weighted by Crippen LogP contribution is 2.18. The molecule has 0 aliphatic heterocycles. The van der Waals surface area contributed by atoms with Crippen molar-refractivity contribution in [1.29, 1.82) is 0 Å². The number of nitrogens with zero attached hydrogens (tertiary/aromatic N) is 1. The van der Waals surface area contributed by atoms with E-state index in [0.29, 0.717) is 4.90 Å². The minimum Gasteiger partial charge on any atom is -0.472 e. The van der Waals surface area contributed by atoms with Gasteiger partial charge in [0.2, 0.25) is 10.0 Å². The number of benzene rings is 1. The van der Waals surface area contributed by atoms with Crippen LogP contribution in [0.25, 0.3) is 11.3 Å². The molecule has 24 heavy (non-hydrogen) atoms. The van der Waals surface area contributed by atoms with Crippen molar-refractivity contribution in [3.05, 3.63) is 71.8 Å². The van der Waals surface area contributed by atoms with Crippen LogP contribution in [-0.2, 0) is 16.6 Å². The SMILES string of the molecule is Cc1ccc(S(=O)(=O)NCc2ccc(-c3ccoc3)nc2)c(C)c1. The molecule has 124 valence electrons. The summed E-state index contributed by atoms with van der Waals surface area (Å²) < 4.78 is 32.5. The first-order valence-electron chi connectivity index (χ1n) is 7.50. The Labute approximate surface area is 141 Å². The third-order valence-corrected chi connectivity index (χ3v) is 5.29. The molecule has 0 unspecified atom stereocenters. The van der Waals surface area contributed by atoms with E-state index in [1.54, 1.807) is 37.8 Å². The van der Waals surface area contributed by atoms with Gasteiger partial charge in [0.05, 0.1) is 23.1 Å². The molecule has 0 aliphatic rings. The molecule has 0 fully saturated rings. The molecule has 2 heterocycles. The van der Waals surface area contributed by atoms with Crippen molar-refractivity contribution in [3.8, 4) is 11.3 Å². The summed E-state index contributed by atoms with van der Waals surface area (Å²) in [7, 11) is -3.55. The Balaban J connectivity index is 1.73. The van der Waals surface area contributed by atoms with E-state index < -0.39 is 10.0 Å². The van der Waals surface area contributed by atoms with Crippen LogP contribution >= 0.6 is 0 Å². The summed E-state index contributed by atoms with van der Waals surface area (Å²) >= 11 is 0. The summed E-state index contributed by atoms with van der Waals surface area (Å²) in [5.74, 6) is 0. The molecule has 0 aliphatic carbocycles. The number of pyridine rings is 1. The van der Waals surface area contributed by atoms with Crippen molar-refractivity contribution in [3.63, 3.8) is 0 Å². The van der Waals surface area contributed by atoms with E-state index in [9.17, 15) is 8.42 Å². The van der Waals surface area contributed by atoms with E-state index in [0.717, 1.165) is 27.9 Å². The lowest BCUT2D eigenvalue weighted by atomic mass is 10.2. The predicted octanol–water partition coefficient (Wildman–Crippen LogP) is 3.44. The summed E-state index contributed by atoms with van der Waals surface area (Å²) in [5.41, 5.74) is 4.22. The molecule has 3 aromatic rings. The molecule has 0 bridgehead atoms. The van der Waals surface area contributed by atoms with Gasteiger partial charge in [-0.05, 0) is 43.2 Å². The van der Waals surface area contributed by atoms with E-state index in [1.165, 1.54) is 0 Å². The van der Waals surface area contributed by atoms with E-state index >= 15 is 0 Å². The van der Waals surface area contributed by atoms with Crippen LogP contribution in [0, 0.1) is 13.8 Å². The van der Waals surface area contributed by atoms with Gasteiger partial charge in [0.1, 0.15) is 0 Å². The van der Waals surface area contributed by atoms with Gasteiger partial charge in [-0.2, -0.15) is 0 Å². The Bertz CT molecular complexity index is 931. The van der Waals surface area contributed by atoms with E-state index in [2.05, 4.69) is 9.71 Å². The number of hydrogen-bond donors (Lipinski definition) is 1. The maximum absolute atomic E-state index is 12.4. The fourth-order valence-corrected chi connectivity index (χ4v) is 3.71. The summed E-state index contributed by atoms with van der Waals surface area (Å²) in [6, 6.07) is 10.8. The lowest BCUT2D eigenvalue weighted by Gasteiger charge is -2.10. The van der Waals surface area contributed by atoms with Gasteiger partial charge in [-0.3, -0.25) is 4.98 Å². The molecule has 2 aromatic heterocycles. The monoisotopic (exact) mass is 342 g/mol. The number of furan rings is 1. The maximum atomic E-state index is 12.4. The van der Waals surface area contributed by atoms with E-state index in [1.807, 2.05) is 31.2 Å². The minimum atomic E-state index is -3.55. The molecule has 0 amide bonds. The minimum absolute atomic E-state index is 0.189. The standard InChI is InChI=1S/C18H18N2O3S/c1-13-3-6-18(14(2)9-13)24(21,22)20-11-15-4-5-17(19-10-15)16-7-8-23-12-16/h3-10,12,20H,11H2,1-2H3. The van der Waals surface area contributed by atoms with Crippen LogP contribution < -0.4 is 4.72 Å². The molecule has 3 rings (SSSR count). The third kappa shape index (κ3) is 3.55. The predicted molar refractivity (Wildman–Crippen MR) is 91.9 cm³/mol.